The largest absolute Gasteiger partial charge is 0.478 e. The van der Waals surface area contributed by atoms with Crippen LogP contribution in [0, 0.1) is 0 Å². The van der Waals surface area contributed by atoms with E-state index in [9.17, 15) is 22.8 Å². The van der Waals surface area contributed by atoms with E-state index in [0.29, 0.717) is 0 Å². The van der Waals surface area contributed by atoms with Crippen LogP contribution in [0.1, 0.15) is 10.4 Å². The third-order valence-electron chi connectivity index (χ3n) is 2.49. The number of aromatic carboxylic acids is 1. The van der Waals surface area contributed by atoms with Crippen molar-refractivity contribution in [3.05, 3.63) is 61.6 Å². The van der Waals surface area contributed by atoms with Gasteiger partial charge in [-0.05, 0) is 18.2 Å². The summed E-state index contributed by atoms with van der Waals surface area (Å²) < 4.78 is 24.7. The first-order valence-corrected chi connectivity index (χ1v) is 7.16. The van der Waals surface area contributed by atoms with Gasteiger partial charge in [-0.15, -0.1) is 4.09 Å². The van der Waals surface area contributed by atoms with Gasteiger partial charge in [0.1, 0.15) is 4.90 Å². The number of carboxylic acid groups (broad SMARTS) is 1. The van der Waals surface area contributed by atoms with E-state index in [4.69, 9.17) is 16.7 Å². The molecule has 0 radical (unpaired) electrons. The van der Waals surface area contributed by atoms with Gasteiger partial charge in [-0.1, -0.05) is 11.6 Å². The minimum absolute atomic E-state index is 0.0994. The monoisotopic (exact) mass is 330 g/mol. The summed E-state index contributed by atoms with van der Waals surface area (Å²) in [5, 5.41) is 10.4. The number of hydrogen-bond acceptors (Lipinski definition) is 5. The highest BCUT2D eigenvalue weighted by Crippen LogP contribution is 2.23. The molecule has 0 spiro atoms. The van der Waals surface area contributed by atoms with Gasteiger partial charge in [0, 0.05) is 12.1 Å². The summed E-state index contributed by atoms with van der Waals surface area (Å²) in [7, 11) is -4.53. The van der Waals surface area contributed by atoms with E-state index in [1.54, 1.807) is 0 Å². The summed E-state index contributed by atoms with van der Waals surface area (Å²) in [6.07, 6.45) is 0. The Kier molecular flexibility index (Phi) is 3.71. The standard InChI is InChI=1S/C11H7ClN2O6S/c12-7-2-1-6(11(17)18)5-8(7)21(19,20)14-10(16)4-3-9(15)13-14/h1-5H,(H,13,15)(H,17,18). The molecule has 21 heavy (non-hydrogen) atoms. The first-order chi connectivity index (χ1) is 9.73. The second-order valence-corrected chi connectivity index (χ2v) is 6.03. The third kappa shape index (κ3) is 2.73. The zero-order valence-corrected chi connectivity index (χ0v) is 11.7. The lowest BCUT2D eigenvalue weighted by Crippen LogP contribution is -2.33. The number of aromatic nitrogens is 2. The van der Waals surface area contributed by atoms with Crippen molar-refractivity contribution in [2.45, 2.75) is 4.90 Å². The molecule has 0 fully saturated rings. The lowest BCUT2D eigenvalue weighted by molar-refractivity contribution is 0.0696. The first-order valence-electron chi connectivity index (χ1n) is 5.34. The molecular weight excluding hydrogens is 324 g/mol. The van der Waals surface area contributed by atoms with Gasteiger partial charge in [0.15, 0.2) is 0 Å². The number of nitrogens with zero attached hydrogens (tertiary/aromatic N) is 1. The minimum Gasteiger partial charge on any atom is -0.478 e. The average molecular weight is 331 g/mol. The van der Waals surface area contributed by atoms with E-state index in [-0.39, 0.29) is 14.7 Å². The molecule has 0 unspecified atom stereocenters. The zero-order chi connectivity index (χ0) is 15.8. The fraction of sp³-hybridized carbons (Fsp3) is 0. The van der Waals surface area contributed by atoms with Crippen LogP contribution in [0.15, 0.2) is 44.8 Å². The highest BCUT2D eigenvalue weighted by Gasteiger charge is 2.23. The lowest BCUT2D eigenvalue weighted by Gasteiger charge is -2.09. The van der Waals surface area contributed by atoms with Crippen molar-refractivity contribution in [3.63, 3.8) is 0 Å². The molecule has 8 nitrogen and oxygen atoms in total. The Morgan fingerprint density at radius 2 is 1.86 bits per heavy atom. The van der Waals surface area contributed by atoms with Gasteiger partial charge in [-0.3, -0.25) is 9.59 Å². The maximum absolute atomic E-state index is 12.3. The van der Waals surface area contributed by atoms with Crippen molar-refractivity contribution in [2.75, 3.05) is 0 Å². The predicted octanol–water partition coefficient (Wildman–Crippen LogP) is 0.125. The van der Waals surface area contributed by atoms with Gasteiger partial charge in [0.2, 0.25) is 0 Å². The second kappa shape index (κ2) is 5.19. The molecule has 1 aromatic carbocycles. The summed E-state index contributed by atoms with van der Waals surface area (Å²) in [6, 6.07) is 4.62. The average Bonchev–Trinajstić information content (AvgIpc) is 2.41. The summed E-state index contributed by atoms with van der Waals surface area (Å²) in [4.78, 5) is 33.0. The van der Waals surface area contributed by atoms with E-state index in [0.717, 1.165) is 30.3 Å². The van der Waals surface area contributed by atoms with Crippen LogP contribution >= 0.6 is 11.6 Å². The van der Waals surface area contributed by atoms with E-state index < -0.39 is 32.0 Å². The SMILES string of the molecule is O=C(O)c1ccc(Cl)c(S(=O)(=O)n2[nH]c(=O)ccc2=O)c1. The Labute approximate surface area is 122 Å². The second-order valence-electron chi connectivity index (χ2n) is 3.87. The number of aromatic amines is 1. The summed E-state index contributed by atoms with van der Waals surface area (Å²) in [6.45, 7) is 0. The van der Waals surface area contributed by atoms with Crippen molar-refractivity contribution in [1.29, 1.82) is 0 Å². The number of halogens is 1. The van der Waals surface area contributed by atoms with Gasteiger partial charge in [0.05, 0.1) is 10.6 Å². The molecule has 2 aromatic rings. The predicted molar refractivity (Wildman–Crippen MR) is 72.3 cm³/mol. The van der Waals surface area contributed by atoms with Crippen LogP contribution in [0.4, 0.5) is 0 Å². The van der Waals surface area contributed by atoms with Crippen molar-refractivity contribution in [1.82, 2.24) is 9.19 Å². The maximum Gasteiger partial charge on any atom is 0.335 e. The number of hydrogen-bond donors (Lipinski definition) is 2. The van der Waals surface area contributed by atoms with Gasteiger partial charge in [0.25, 0.3) is 21.1 Å². The van der Waals surface area contributed by atoms with Gasteiger partial charge >= 0.3 is 5.97 Å². The Bertz CT molecular complexity index is 944. The van der Waals surface area contributed by atoms with E-state index in [1.165, 1.54) is 0 Å². The van der Waals surface area contributed by atoms with Crippen LogP contribution in [-0.4, -0.2) is 28.7 Å². The highest BCUT2D eigenvalue weighted by atomic mass is 35.5. The van der Waals surface area contributed by atoms with E-state index in [1.807, 2.05) is 5.10 Å². The van der Waals surface area contributed by atoms with Crippen LogP contribution in [-0.2, 0) is 10.0 Å². The number of rotatable bonds is 3. The molecule has 1 aromatic heterocycles. The Hall–Kier alpha value is -2.39. The number of nitrogens with one attached hydrogen (secondary N) is 1. The molecule has 2 N–H and O–H groups in total. The van der Waals surface area contributed by atoms with Crippen molar-refractivity contribution in [2.24, 2.45) is 0 Å². The molecule has 110 valence electrons. The maximum atomic E-state index is 12.3. The van der Waals surface area contributed by atoms with Gasteiger partial charge < -0.3 is 5.11 Å². The van der Waals surface area contributed by atoms with Gasteiger partial charge in [-0.25, -0.2) is 9.89 Å². The van der Waals surface area contributed by atoms with Crippen LogP contribution in [0.3, 0.4) is 0 Å². The highest BCUT2D eigenvalue weighted by molar-refractivity contribution is 7.90. The fourth-order valence-electron chi connectivity index (χ4n) is 1.52. The van der Waals surface area contributed by atoms with E-state index in [2.05, 4.69) is 0 Å². The van der Waals surface area contributed by atoms with Gasteiger partial charge in [-0.2, -0.15) is 8.42 Å². The van der Waals surface area contributed by atoms with Crippen LogP contribution in [0.5, 0.6) is 0 Å². The third-order valence-corrected chi connectivity index (χ3v) is 4.57. The number of benzene rings is 1. The summed E-state index contributed by atoms with van der Waals surface area (Å²) >= 11 is 5.75. The normalized spacial score (nSPS) is 11.3. The molecule has 10 heteroatoms. The molecule has 0 bridgehead atoms. The van der Waals surface area contributed by atoms with Crippen molar-refractivity contribution in [3.8, 4) is 0 Å². The molecule has 0 amide bonds. The Morgan fingerprint density at radius 3 is 2.48 bits per heavy atom. The van der Waals surface area contributed by atoms with Crippen LogP contribution in [0.2, 0.25) is 5.02 Å². The Balaban J connectivity index is 2.78. The molecule has 1 heterocycles. The molecule has 0 atom stereocenters. The zero-order valence-electron chi connectivity index (χ0n) is 10.1. The van der Waals surface area contributed by atoms with Crippen molar-refractivity contribution < 1.29 is 18.3 Å². The van der Waals surface area contributed by atoms with E-state index >= 15 is 0 Å². The molecular formula is C11H7ClN2O6S. The molecule has 0 aliphatic carbocycles. The smallest absolute Gasteiger partial charge is 0.335 e. The number of carbonyl (C=O) groups is 1. The molecule has 2 rings (SSSR count). The fourth-order valence-corrected chi connectivity index (χ4v) is 3.22. The molecule has 0 saturated carbocycles. The number of carboxylic acids is 1. The number of H-pyrrole nitrogens is 1. The molecule has 0 aliphatic heterocycles. The summed E-state index contributed by atoms with van der Waals surface area (Å²) in [5.41, 5.74) is -2.15. The molecule has 0 aliphatic rings. The minimum atomic E-state index is -4.53. The summed E-state index contributed by atoms with van der Waals surface area (Å²) in [5.74, 6) is -1.36. The quantitative estimate of drug-likeness (QED) is 0.823. The van der Waals surface area contributed by atoms with Crippen LogP contribution in [0.25, 0.3) is 0 Å². The first kappa shape index (κ1) is 15.0. The van der Waals surface area contributed by atoms with Crippen molar-refractivity contribution >= 4 is 27.6 Å². The Morgan fingerprint density at radius 1 is 1.19 bits per heavy atom. The lowest BCUT2D eigenvalue weighted by atomic mass is 10.2. The van der Waals surface area contributed by atoms with Crippen LogP contribution < -0.4 is 11.1 Å². The molecule has 0 saturated heterocycles. The topological polar surface area (TPSA) is 126 Å².